The second-order valence-electron chi connectivity index (χ2n) is 3.79. The normalized spacial score (nSPS) is 13.0. The zero-order valence-electron chi connectivity index (χ0n) is 10.8. The predicted molar refractivity (Wildman–Crippen MR) is 68.7 cm³/mol. The van der Waals surface area contributed by atoms with Gasteiger partial charge in [-0.05, 0) is 19.9 Å². The van der Waals surface area contributed by atoms with Gasteiger partial charge in [-0.1, -0.05) is 0 Å². The molecule has 0 fully saturated rings. The van der Waals surface area contributed by atoms with Crippen LogP contribution in [-0.4, -0.2) is 37.4 Å². The van der Waals surface area contributed by atoms with Crippen LogP contribution in [0.15, 0.2) is 17.2 Å². The molecular formula is C10H15N3O5S. The average Bonchev–Trinajstić information content (AvgIpc) is 2.27. The van der Waals surface area contributed by atoms with Gasteiger partial charge in [-0.25, -0.2) is 13.4 Å². The first-order valence-corrected chi connectivity index (χ1v) is 7.38. The summed E-state index contributed by atoms with van der Waals surface area (Å²) in [5.74, 6) is -0.131. The Hall–Kier alpha value is -1.74. The van der Waals surface area contributed by atoms with Crippen molar-refractivity contribution in [3.8, 4) is 0 Å². The van der Waals surface area contributed by atoms with Gasteiger partial charge in [0.15, 0.2) is 14.9 Å². The molecule has 1 N–H and O–H groups in total. The van der Waals surface area contributed by atoms with Gasteiger partial charge in [-0.15, -0.1) is 0 Å². The van der Waals surface area contributed by atoms with E-state index in [1.165, 1.54) is 0 Å². The Morgan fingerprint density at radius 2 is 2.16 bits per heavy atom. The first-order chi connectivity index (χ1) is 8.75. The predicted octanol–water partition coefficient (Wildman–Crippen LogP) is 1.19. The van der Waals surface area contributed by atoms with Crippen molar-refractivity contribution in [2.75, 3.05) is 18.2 Å². The molecule has 9 heteroatoms. The summed E-state index contributed by atoms with van der Waals surface area (Å²) in [4.78, 5) is 14.0. The molecule has 0 aliphatic heterocycles. The monoisotopic (exact) mass is 289 g/mol. The van der Waals surface area contributed by atoms with Gasteiger partial charge in [0.1, 0.15) is 6.23 Å². The summed E-state index contributed by atoms with van der Waals surface area (Å²) in [6, 6.07) is 2.20. The average molecular weight is 289 g/mol. The van der Waals surface area contributed by atoms with E-state index < -0.39 is 21.0 Å². The zero-order chi connectivity index (χ0) is 14.6. The maximum absolute atomic E-state index is 11.4. The molecule has 1 heterocycles. The third kappa shape index (κ3) is 4.14. The lowest BCUT2D eigenvalue weighted by Crippen LogP contribution is -2.21. The molecule has 0 radical (unpaired) electrons. The lowest BCUT2D eigenvalue weighted by molar-refractivity contribution is -0.384. The van der Waals surface area contributed by atoms with Crippen molar-refractivity contribution in [2.24, 2.45) is 0 Å². The van der Waals surface area contributed by atoms with Crippen molar-refractivity contribution >= 4 is 21.3 Å². The van der Waals surface area contributed by atoms with E-state index in [1.807, 2.05) is 0 Å². The van der Waals surface area contributed by atoms with E-state index in [9.17, 15) is 18.5 Å². The number of pyridine rings is 1. The smallest absolute Gasteiger partial charge is 0.311 e. The fourth-order valence-corrected chi connectivity index (χ4v) is 1.95. The number of ether oxygens (including phenoxy) is 1. The summed E-state index contributed by atoms with van der Waals surface area (Å²) in [6.07, 6.45) is 0.461. The Kier molecular flexibility index (Phi) is 4.78. The van der Waals surface area contributed by atoms with Crippen LogP contribution in [0, 0.1) is 10.1 Å². The Morgan fingerprint density at radius 1 is 1.53 bits per heavy atom. The second-order valence-corrected chi connectivity index (χ2v) is 5.75. The van der Waals surface area contributed by atoms with Gasteiger partial charge in [0.2, 0.25) is 5.82 Å². The van der Waals surface area contributed by atoms with E-state index in [-0.39, 0.29) is 16.5 Å². The molecule has 19 heavy (non-hydrogen) atoms. The number of nitro groups is 1. The van der Waals surface area contributed by atoms with Crippen molar-refractivity contribution in [2.45, 2.75) is 25.1 Å². The van der Waals surface area contributed by atoms with E-state index in [0.29, 0.717) is 6.61 Å². The number of hydrogen-bond donors (Lipinski definition) is 1. The zero-order valence-corrected chi connectivity index (χ0v) is 11.6. The summed E-state index contributed by atoms with van der Waals surface area (Å²) >= 11 is 0. The van der Waals surface area contributed by atoms with Gasteiger partial charge in [0, 0.05) is 18.9 Å². The van der Waals surface area contributed by atoms with E-state index in [1.54, 1.807) is 13.8 Å². The minimum absolute atomic E-state index is 0.131. The van der Waals surface area contributed by atoms with E-state index in [2.05, 4.69) is 10.3 Å². The molecular weight excluding hydrogens is 274 g/mol. The Bertz CT molecular complexity index is 573. The van der Waals surface area contributed by atoms with Crippen LogP contribution >= 0.6 is 0 Å². The first-order valence-electron chi connectivity index (χ1n) is 5.49. The third-order valence-electron chi connectivity index (χ3n) is 2.18. The van der Waals surface area contributed by atoms with Crippen molar-refractivity contribution in [3.05, 3.63) is 22.2 Å². The van der Waals surface area contributed by atoms with Crippen LogP contribution in [-0.2, 0) is 14.6 Å². The number of nitrogens with one attached hydrogen (secondary N) is 1. The van der Waals surface area contributed by atoms with E-state index >= 15 is 0 Å². The summed E-state index contributed by atoms with van der Waals surface area (Å²) in [5.41, 5.74) is -0.307. The van der Waals surface area contributed by atoms with Crippen molar-refractivity contribution in [1.29, 1.82) is 0 Å². The molecule has 8 nitrogen and oxygen atoms in total. The number of rotatable bonds is 6. The van der Waals surface area contributed by atoms with Crippen LogP contribution < -0.4 is 5.32 Å². The highest BCUT2D eigenvalue weighted by molar-refractivity contribution is 7.90. The quantitative estimate of drug-likeness (QED) is 0.475. The lowest BCUT2D eigenvalue weighted by atomic mass is 10.4. The highest BCUT2D eigenvalue weighted by Crippen LogP contribution is 2.24. The molecule has 0 bridgehead atoms. The Labute approximate surface area is 110 Å². The molecule has 0 spiro atoms. The van der Waals surface area contributed by atoms with Crippen LogP contribution in [0.5, 0.6) is 0 Å². The van der Waals surface area contributed by atoms with Gasteiger partial charge in [0.25, 0.3) is 0 Å². The van der Waals surface area contributed by atoms with E-state index in [4.69, 9.17) is 4.74 Å². The van der Waals surface area contributed by atoms with Crippen LogP contribution in [0.2, 0.25) is 0 Å². The first kappa shape index (κ1) is 15.3. The van der Waals surface area contributed by atoms with Crippen LogP contribution in [0.3, 0.4) is 0 Å². The molecule has 0 saturated heterocycles. The van der Waals surface area contributed by atoms with Crippen molar-refractivity contribution < 1.29 is 18.1 Å². The van der Waals surface area contributed by atoms with E-state index in [0.717, 1.165) is 18.4 Å². The third-order valence-corrected chi connectivity index (χ3v) is 3.17. The van der Waals surface area contributed by atoms with Crippen molar-refractivity contribution in [1.82, 2.24) is 4.98 Å². The number of sulfone groups is 1. The van der Waals surface area contributed by atoms with Gasteiger partial charge in [0.05, 0.1) is 4.92 Å². The topological polar surface area (TPSA) is 111 Å². The molecule has 1 unspecified atom stereocenters. The standard InChI is InChI=1S/C10H15N3O5S/c1-4-18-7(2)11-10-8(13(14)15)5-6-9(12-10)19(3,16)17/h5-7H,4H2,1-3H3,(H,11,12). The molecule has 1 atom stereocenters. The van der Waals surface area contributed by atoms with Gasteiger partial charge in [-0.3, -0.25) is 10.1 Å². The van der Waals surface area contributed by atoms with Crippen LogP contribution in [0.4, 0.5) is 11.5 Å². The van der Waals surface area contributed by atoms with Gasteiger partial charge in [-0.2, -0.15) is 0 Å². The number of hydrogen-bond acceptors (Lipinski definition) is 7. The van der Waals surface area contributed by atoms with Crippen LogP contribution in [0.1, 0.15) is 13.8 Å². The largest absolute Gasteiger partial charge is 0.359 e. The summed E-state index contributed by atoms with van der Waals surface area (Å²) in [7, 11) is -3.53. The highest BCUT2D eigenvalue weighted by Gasteiger charge is 2.20. The Morgan fingerprint density at radius 3 is 2.63 bits per heavy atom. The molecule has 0 aliphatic carbocycles. The SMILES string of the molecule is CCOC(C)Nc1nc(S(C)(=O)=O)ccc1[N+](=O)[O-]. The van der Waals surface area contributed by atoms with Gasteiger partial charge >= 0.3 is 5.69 Å². The lowest BCUT2D eigenvalue weighted by Gasteiger charge is -2.14. The molecule has 0 aliphatic rings. The summed E-state index contributed by atoms with van der Waals surface area (Å²) < 4.78 is 28.0. The molecule has 1 aromatic rings. The van der Waals surface area contributed by atoms with Gasteiger partial charge < -0.3 is 10.1 Å². The minimum atomic E-state index is -3.53. The molecule has 1 aromatic heterocycles. The maximum Gasteiger partial charge on any atom is 0.311 e. The number of aromatic nitrogens is 1. The minimum Gasteiger partial charge on any atom is -0.359 e. The molecule has 0 amide bonds. The fraction of sp³-hybridized carbons (Fsp3) is 0.500. The number of anilines is 1. The molecule has 106 valence electrons. The second kappa shape index (κ2) is 5.93. The Balaban J connectivity index is 3.20. The maximum atomic E-state index is 11.4. The van der Waals surface area contributed by atoms with Crippen molar-refractivity contribution in [3.63, 3.8) is 0 Å². The fourth-order valence-electron chi connectivity index (χ4n) is 1.38. The molecule has 0 aromatic carbocycles. The highest BCUT2D eigenvalue weighted by atomic mass is 32.2. The summed E-state index contributed by atoms with van der Waals surface area (Å²) in [5, 5.41) is 13.3. The molecule has 1 rings (SSSR count). The molecule has 0 saturated carbocycles. The number of nitrogens with zero attached hydrogens (tertiary/aromatic N) is 2. The van der Waals surface area contributed by atoms with Crippen LogP contribution in [0.25, 0.3) is 0 Å². The summed E-state index contributed by atoms with van der Waals surface area (Å²) in [6.45, 7) is 3.82.